The normalized spacial score (nSPS) is 10.9. The van der Waals surface area contributed by atoms with E-state index in [9.17, 15) is 13.2 Å². The number of hydrogen-bond donors (Lipinski definition) is 1. The minimum absolute atomic E-state index is 0.0705. The maximum atomic E-state index is 11.5. The zero-order valence-electron chi connectivity index (χ0n) is 17.0. The number of carbonyl (C=O) groups excluding carboxylic acids is 1. The highest BCUT2D eigenvalue weighted by molar-refractivity contribution is 7.89. The molecule has 0 bridgehead atoms. The molecule has 1 amide bonds. The van der Waals surface area contributed by atoms with Crippen LogP contribution >= 0.6 is 0 Å². The molecule has 1 rings (SSSR count). The molecule has 0 aromatic heterocycles. The van der Waals surface area contributed by atoms with Gasteiger partial charge in [0.15, 0.2) is 0 Å². The van der Waals surface area contributed by atoms with Gasteiger partial charge in [0.05, 0.1) is 6.26 Å². The molecule has 0 fully saturated rings. The number of sulfonamides is 1. The van der Waals surface area contributed by atoms with E-state index in [-0.39, 0.29) is 5.54 Å². The van der Waals surface area contributed by atoms with E-state index in [0.717, 1.165) is 17.5 Å². The fraction of sp³-hybridized carbons (Fsp3) is 0.526. The number of anilines is 1. The summed E-state index contributed by atoms with van der Waals surface area (Å²) in [6.07, 6.45) is 3.77. The zero-order chi connectivity index (χ0) is 20.3. The summed E-state index contributed by atoms with van der Waals surface area (Å²) in [6, 6.07) is 7.63. The van der Waals surface area contributed by atoms with Crippen LogP contribution in [0.15, 0.2) is 30.3 Å². The van der Waals surface area contributed by atoms with Crippen LogP contribution in [0.3, 0.4) is 0 Å². The van der Waals surface area contributed by atoms with E-state index in [2.05, 4.69) is 25.7 Å². The van der Waals surface area contributed by atoms with Crippen molar-refractivity contribution in [1.82, 2.24) is 4.72 Å². The van der Waals surface area contributed by atoms with Crippen LogP contribution in [-0.4, -0.2) is 33.2 Å². The fourth-order valence-corrected chi connectivity index (χ4v) is 2.11. The van der Waals surface area contributed by atoms with Crippen LogP contribution in [0.5, 0.6) is 0 Å². The second-order valence-corrected chi connectivity index (χ2v) is 7.61. The first-order chi connectivity index (χ1) is 11.5. The molecule has 0 aliphatic rings. The molecule has 1 aromatic rings. The molecule has 0 aliphatic heterocycles. The monoisotopic (exact) mass is 370 g/mol. The Morgan fingerprint density at radius 2 is 1.56 bits per heavy atom. The molecule has 5 nitrogen and oxygen atoms in total. The number of para-hydroxylation sites is 1. The van der Waals surface area contributed by atoms with Gasteiger partial charge in [0.2, 0.25) is 10.0 Å². The first kappa shape index (κ1) is 25.4. The van der Waals surface area contributed by atoms with Crippen molar-refractivity contribution in [3.8, 4) is 0 Å². The van der Waals surface area contributed by atoms with Crippen molar-refractivity contribution in [3.63, 3.8) is 0 Å². The van der Waals surface area contributed by atoms with Gasteiger partial charge in [0.25, 0.3) is 5.91 Å². The van der Waals surface area contributed by atoms with Crippen molar-refractivity contribution in [2.75, 3.05) is 18.2 Å². The number of nitrogens with zero attached hydrogens (tertiary/aromatic N) is 1. The third kappa shape index (κ3) is 10.6. The van der Waals surface area contributed by atoms with E-state index in [1.165, 1.54) is 6.08 Å². The third-order valence-electron chi connectivity index (χ3n) is 3.00. The van der Waals surface area contributed by atoms with Gasteiger partial charge in [-0.2, -0.15) is 0 Å². The van der Waals surface area contributed by atoms with E-state index in [1.807, 2.05) is 63.7 Å². The summed E-state index contributed by atoms with van der Waals surface area (Å²) in [5.41, 5.74) is 1.74. The predicted octanol–water partition coefficient (Wildman–Crippen LogP) is 4.06. The highest BCUT2D eigenvalue weighted by Gasteiger charge is 2.18. The van der Waals surface area contributed by atoms with E-state index in [0.29, 0.717) is 0 Å². The van der Waals surface area contributed by atoms with Gasteiger partial charge in [-0.1, -0.05) is 45.9 Å². The van der Waals surface area contributed by atoms with Crippen LogP contribution < -0.4 is 9.62 Å². The number of rotatable bonds is 4. The average Bonchev–Trinajstić information content (AvgIpc) is 2.54. The SMILES string of the molecule is CC.CC.CN(c1ccccc1/C=C/C(=O)NS(C)(=O)=O)C(C)(C)C. The lowest BCUT2D eigenvalue weighted by Crippen LogP contribution is -2.38. The van der Waals surface area contributed by atoms with E-state index in [4.69, 9.17) is 0 Å². The Hall–Kier alpha value is -1.82. The second-order valence-electron chi connectivity index (χ2n) is 5.86. The van der Waals surface area contributed by atoms with Crippen molar-refractivity contribution in [2.24, 2.45) is 0 Å². The molecule has 144 valence electrons. The number of nitrogens with one attached hydrogen (secondary N) is 1. The first-order valence-corrected chi connectivity index (χ1v) is 10.4. The highest BCUT2D eigenvalue weighted by atomic mass is 32.2. The molecular weight excluding hydrogens is 336 g/mol. The van der Waals surface area contributed by atoms with Crippen LogP contribution in [0, 0.1) is 0 Å². The maximum absolute atomic E-state index is 11.5. The lowest BCUT2D eigenvalue weighted by atomic mass is 10.0. The van der Waals surface area contributed by atoms with E-state index >= 15 is 0 Å². The second kappa shape index (κ2) is 11.7. The highest BCUT2D eigenvalue weighted by Crippen LogP contribution is 2.26. The van der Waals surface area contributed by atoms with E-state index < -0.39 is 15.9 Å². The lowest BCUT2D eigenvalue weighted by Gasteiger charge is -2.35. The molecule has 1 aromatic carbocycles. The molecule has 6 heteroatoms. The van der Waals surface area contributed by atoms with Crippen molar-refractivity contribution in [3.05, 3.63) is 35.9 Å². The molecule has 0 saturated carbocycles. The number of benzene rings is 1. The van der Waals surface area contributed by atoms with Gasteiger partial charge in [-0.15, -0.1) is 0 Å². The Balaban J connectivity index is 0. The first-order valence-electron chi connectivity index (χ1n) is 8.53. The van der Waals surface area contributed by atoms with Crippen LogP contribution in [0.25, 0.3) is 6.08 Å². The fourth-order valence-electron chi connectivity index (χ4n) is 1.68. The molecule has 0 unspecified atom stereocenters. The summed E-state index contributed by atoms with van der Waals surface area (Å²) >= 11 is 0. The molecule has 25 heavy (non-hydrogen) atoms. The molecule has 0 saturated heterocycles. The average molecular weight is 371 g/mol. The minimum atomic E-state index is -3.54. The molecule has 0 atom stereocenters. The van der Waals surface area contributed by atoms with Crippen LogP contribution in [0.4, 0.5) is 5.69 Å². The van der Waals surface area contributed by atoms with Gasteiger partial charge in [-0.25, -0.2) is 13.1 Å². The number of carbonyl (C=O) groups is 1. The summed E-state index contributed by atoms with van der Waals surface area (Å²) in [5, 5.41) is 0. The summed E-state index contributed by atoms with van der Waals surface area (Å²) in [5.74, 6) is -0.661. The van der Waals surface area contributed by atoms with Crippen LogP contribution in [0.1, 0.15) is 54.0 Å². The van der Waals surface area contributed by atoms with Gasteiger partial charge in [0.1, 0.15) is 0 Å². The molecule has 0 aliphatic carbocycles. The summed E-state index contributed by atoms with van der Waals surface area (Å²) in [7, 11) is -1.56. The number of amides is 1. The third-order valence-corrected chi connectivity index (χ3v) is 3.58. The van der Waals surface area contributed by atoms with Gasteiger partial charge in [0, 0.05) is 24.4 Å². The quantitative estimate of drug-likeness (QED) is 0.812. The Morgan fingerprint density at radius 1 is 1.08 bits per heavy atom. The Labute approximate surface area is 154 Å². The Bertz CT molecular complexity index is 645. The molecule has 1 N–H and O–H groups in total. The predicted molar refractivity (Wildman–Crippen MR) is 109 cm³/mol. The van der Waals surface area contributed by atoms with Crippen molar-refractivity contribution < 1.29 is 13.2 Å². The Kier molecular flexibility index (Phi) is 11.9. The molecule has 0 spiro atoms. The van der Waals surface area contributed by atoms with Gasteiger partial charge < -0.3 is 4.90 Å². The summed E-state index contributed by atoms with van der Waals surface area (Å²) in [4.78, 5) is 13.6. The topological polar surface area (TPSA) is 66.5 Å². The van der Waals surface area contributed by atoms with Crippen molar-refractivity contribution >= 4 is 27.7 Å². The van der Waals surface area contributed by atoms with Crippen molar-refractivity contribution in [1.29, 1.82) is 0 Å². The van der Waals surface area contributed by atoms with Crippen LogP contribution in [0.2, 0.25) is 0 Å². The summed E-state index contributed by atoms with van der Waals surface area (Å²) in [6.45, 7) is 14.3. The maximum Gasteiger partial charge on any atom is 0.257 e. The van der Waals surface area contributed by atoms with Gasteiger partial charge in [-0.3, -0.25) is 4.79 Å². The summed E-state index contributed by atoms with van der Waals surface area (Å²) < 4.78 is 23.9. The Morgan fingerprint density at radius 3 is 2.00 bits per heavy atom. The standard InChI is InChI=1S/C15H22N2O3S.2C2H6/c1-15(2,3)17(4)13-9-7-6-8-12(13)10-11-14(18)16-21(5,19)20;2*1-2/h6-11H,1-5H3,(H,16,18);2*1-2H3/b11-10+;;. The largest absolute Gasteiger partial charge is 0.369 e. The van der Waals surface area contributed by atoms with E-state index in [1.54, 1.807) is 6.08 Å². The van der Waals surface area contributed by atoms with Crippen molar-refractivity contribution in [2.45, 2.75) is 54.0 Å². The molecule has 0 radical (unpaired) electrons. The number of hydrogen-bond acceptors (Lipinski definition) is 4. The van der Waals surface area contributed by atoms with Gasteiger partial charge in [-0.05, 0) is 38.5 Å². The van der Waals surface area contributed by atoms with Gasteiger partial charge >= 0.3 is 0 Å². The molecular formula is C19H34N2O3S. The zero-order valence-corrected chi connectivity index (χ0v) is 17.9. The lowest BCUT2D eigenvalue weighted by molar-refractivity contribution is -0.114. The smallest absolute Gasteiger partial charge is 0.257 e. The molecule has 0 heterocycles. The minimum Gasteiger partial charge on any atom is -0.369 e. The van der Waals surface area contributed by atoms with Crippen LogP contribution in [-0.2, 0) is 14.8 Å².